The maximum Gasteiger partial charge on any atom is 0.419 e. The van der Waals surface area contributed by atoms with E-state index in [1.165, 1.54) is 5.51 Å². The highest BCUT2D eigenvalue weighted by molar-refractivity contribution is 7.12. The van der Waals surface area contributed by atoms with E-state index in [4.69, 9.17) is 0 Å². The van der Waals surface area contributed by atoms with Crippen LogP contribution in [0.5, 0.6) is 0 Å². The number of ketones is 1. The number of carbonyl (C=O) groups excluding carboxylic acids is 1. The molecule has 0 aliphatic rings. The molecule has 0 aliphatic heterocycles. The third-order valence-corrected chi connectivity index (χ3v) is 3.41. The number of carbonyl (C=O) groups is 1. The summed E-state index contributed by atoms with van der Waals surface area (Å²) >= 11 is 1.03. The van der Waals surface area contributed by atoms with Crippen molar-refractivity contribution in [1.29, 1.82) is 0 Å². The van der Waals surface area contributed by atoms with Gasteiger partial charge in [0.05, 0.1) is 21.6 Å². The quantitative estimate of drug-likeness (QED) is 0.621. The Bertz CT molecular complexity index is 633. The second-order valence-electron chi connectivity index (χ2n) is 3.79. The predicted molar refractivity (Wildman–Crippen MR) is 61.7 cm³/mol. The zero-order valence-corrected chi connectivity index (χ0v) is 10.4. The first kappa shape index (κ1) is 13.7. The standard InChI is InChI=1S/C12H7F4NOS/c1-6-11(19-5-17-6)10(18)7-2-3-9(13)8(4-7)12(14,15)16/h2-5H,1H3. The lowest BCUT2D eigenvalue weighted by Crippen LogP contribution is -2.11. The Morgan fingerprint density at radius 3 is 2.53 bits per heavy atom. The molecule has 1 aromatic heterocycles. The normalized spacial score (nSPS) is 11.6. The summed E-state index contributed by atoms with van der Waals surface area (Å²) in [6, 6.07) is 2.20. The van der Waals surface area contributed by atoms with E-state index < -0.39 is 23.3 Å². The molecule has 0 aliphatic carbocycles. The molecule has 0 radical (unpaired) electrons. The molecule has 2 rings (SSSR count). The van der Waals surface area contributed by atoms with Crippen LogP contribution in [0.2, 0.25) is 0 Å². The smallest absolute Gasteiger partial charge is 0.288 e. The lowest BCUT2D eigenvalue weighted by atomic mass is 10.0. The van der Waals surface area contributed by atoms with Gasteiger partial charge in [0.25, 0.3) is 0 Å². The molecule has 0 spiro atoms. The summed E-state index contributed by atoms with van der Waals surface area (Å²) in [7, 11) is 0. The molecule has 100 valence electrons. The first-order valence-corrected chi connectivity index (χ1v) is 6.00. The molecule has 1 aromatic carbocycles. The van der Waals surface area contributed by atoms with Crippen LogP contribution in [0, 0.1) is 12.7 Å². The van der Waals surface area contributed by atoms with E-state index in [0.717, 1.165) is 17.4 Å². The van der Waals surface area contributed by atoms with E-state index in [-0.39, 0.29) is 10.4 Å². The molecule has 0 bridgehead atoms. The molecule has 2 aromatic rings. The predicted octanol–water partition coefficient (Wildman–Crippen LogP) is 3.84. The molecular formula is C12H7F4NOS. The van der Waals surface area contributed by atoms with Gasteiger partial charge in [0.1, 0.15) is 5.82 Å². The summed E-state index contributed by atoms with van der Waals surface area (Å²) in [6.07, 6.45) is -4.83. The van der Waals surface area contributed by atoms with Gasteiger partial charge in [-0.05, 0) is 25.1 Å². The van der Waals surface area contributed by atoms with Crippen LogP contribution in [0.1, 0.15) is 26.5 Å². The number of aryl methyl sites for hydroxylation is 1. The minimum atomic E-state index is -4.83. The minimum absolute atomic E-state index is 0.207. The molecule has 0 saturated heterocycles. The zero-order chi connectivity index (χ0) is 14.2. The molecule has 0 unspecified atom stereocenters. The minimum Gasteiger partial charge on any atom is -0.288 e. The monoisotopic (exact) mass is 289 g/mol. The molecule has 19 heavy (non-hydrogen) atoms. The average molecular weight is 289 g/mol. The molecule has 7 heteroatoms. The van der Waals surface area contributed by atoms with Crippen molar-refractivity contribution in [3.8, 4) is 0 Å². The fourth-order valence-corrected chi connectivity index (χ4v) is 2.30. The molecule has 0 fully saturated rings. The Labute approximate surface area is 109 Å². The van der Waals surface area contributed by atoms with Gasteiger partial charge in [-0.3, -0.25) is 4.79 Å². The summed E-state index contributed by atoms with van der Waals surface area (Å²) < 4.78 is 50.8. The third-order valence-electron chi connectivity index (χ3n) is 2.49. The van der Waals surface area contributed by atoms with Gasteiger partial charge in [0.15, 0.2) is 0 Å². The van der Waals surface area contributed by atoms with Gasteiger partial charge in [-0.25, -0.2) is 9.37 Å². The summed E-state index contributed by atoms with van der Waals surface area (Å²) in [4.78, 5) is 16.1. The highest BCUT2D eigenvalue weighted by Crippen LogP contribution is 2.32. The number of hydrogen-bond acceptors (Lipinski definition) is 3. The summed E-state index contributed by atoms with van der Waals surface area (Å²) in [5, 5.41) is 0. The zero-order valence-electron chi connectivity index (χ0n) is 9.58. The van der Waals surface area contributed by atoms with Crippen molar-refractivity contribution in [2.45, 2.75) is 13.1 Å². The van der Waals surface area contributed by atoms with Gasteiger partial charge in [-0.2, -0.15) is 13.2 Å². The maximum atomic E-state index is 13.1. The van der Waals surface area contributed by atoms with Crippen LogP contribution in [0.3, 0.4) is 0 Å². The van der Waals surface area contributed by atoms with Crippen molar-refractivity contribution in [3.05, 3.63) is 51.2 Å². The van der Waals surface area contributed by atoms with E-state index in [9.17, 15) is 22.4 Å². The fourth-order valence-electron chi connectivity index (χ4n) is 1.53. The van der Waals surface area contributed by atoms with Crippen molar-refractivity contribution >= 4 is 17.1 Å². The van der Waals surface area contributed by atoms with Gasteiger partial charge >= 0.3 is 6.18 Å². The Morgan fingerprint density at radius 2 is 2.00 bits per heavy atom. The van der Waals surface area contributed by atoms with Crippen LogP contribution in [-0.2, 0) is 6.18 Å². The summed E-state index contributed by atoms with van der Waals surface area (Å²) in [5.41, 5.74) is 0.214. The van der Waals surface area contributed by atoms with Crippen molar-refractivity contribution in [1.82, 2.24) is 4.98 Å². The first-order chi connectivity index (χ1) is 8.80. The van der Waals surface area contributed by atoms with Crippen LogP contribution in [0.15, 0.2) is 23.7 Å². The Kier molecular flexibility index (Phi) is 3.40. The maximum absolute atomic E-state index is 13.1. The van der Waals surface area contributed by atoms with Gasteiger partial charge in [0.2, 0.25) is 5.78 Å². The Morgan fingerprint density at radius 1 is 1.32 bits per heavy atom. The van der Waals surface area contributed by atoms with E-state index >= 15 is 0 Å². The van der Waals surface area contributed by atoms with E-state index in [2.05, 4.69) is 4.98 Å². The van der Waals surface area contributed by atoms with Crippen LogP contribution < -0.4 is 0 Å². The number of halogens is 4. The molecular weight excluding hydrogens is 282 g/mol. The largest absolute Gasteiger partial charge is 0.419 e. The lowest BCUT2D eigenvalue weighted by molar-refractivity contribution is -0.140. The third kappa shape index (κ3) is 2.65. The number of rotatable bonds is 2. The Balaban J connectivity index is 2.48. The number of thiazole rings is 1. The molecule has 0 saturated carbocycles. The molecule has 0 amide bonds. The number of hydrogen-bond donors (Lipinski definition) is 0. The molecule has 0 N–H and O–H groups in total. The SMILES string of the molecule is Cc1ncsc1C(=O)c1ccc(F)c(C(F)(F)F)c1. The van der Waals surface area contributed by atoms with Crippen molar-refractivity contribution in [3.63, 3.8) is 0 Å². The van der Waals surface area contributed by atoms with Gasteiger partial charge in [-0.1, -0.05) is 0 Å². The molecule has 2 nitrogen and oxygen atoms in total. The molecule has 1 heterocycles. The number of alkyl halides is 3. The second-order valence-corrected chi connectivity index (χ2v) is 4.64. The topological polar surface area (TPSA) is 30.0 Å². The van der Waals surface area contributed by atoms with Gasteiger partial charge in [0, 0.05) is 5.56 Å². The van der Waals surface area contributed by atoms with Crippen LogP contribution in [-0.4, -0.2) is 10.8 Å². The van der Waals surface area contributed by atoms with Gasteiger partial charge in [-0.15, -0.1) is 11.3 Å². The summed E-state index contributed by atoms with van der Waals surface area (Å²) in [5.74, 6) is -1.99. The average Bonchev–Trinajstić information content (AvgIpc) is 2.73. The van der Waals surface area contributed by atoms with Crippen molar-refractivity contribution in [2.24, 2.45) is 0 Å². The first-order valence-electron chi connectivity index (χ1n) is 5.12. The fraction of sp³-hybridized carbons (Fsp3) is 0.167. The summed E-state index contributed by atoms with van der Waals surface area (Å²) in [6.45, 7) is 1.58. The highest BCUT2D eigenvalue weighted by atomic mass is 32.1. The molecule has 0 atom stereocenters. The van der Waals surface area contributed by atoms with Crippen molar-refractivity contribution < 1.29 is 22.4 Å². The highest BCUT2D eigenvalue weighted by Gasteiger charge is 2.34. The van der Waals surface area contributed by atoms with E-state index in [1.54, 1.807) is 6.92 Å². The van der Waals surface area contributed by atoms with Crippen LogP contribution >= 0.6 is 11.3 Å². The van der Waals surface area contributed by atoms with Gasteiger partial charge < -0.3 is 0 Å². The Hall–Kier alpha value is -1.76. The van der Waals surface area contributed by atoms with E-state index in [1.807, 2.05) is 0 Å². The number of benzene rings is 1. The van der Waals surface area contributed by atoms with Crippen LogP contribution in [0.4, 0.5) is 17.6 Å². The van der Waals surface area contributed by atoms with Crippen molar-refractivity contribution in [2.75, 3.05) is 0 Å². The second kappa shape index (κ2) is 4.73. The number of aromatic nitrogens is 1. The lowest BCUT2D eigenvalue weighted by Gasteiger charge is -2.09. The van der Waals surface area contributed by atoms with Crippen LogP contribution in [0.25, 0.3) is 0 Å². The number of nitrogens with zero attached hydrogens (tertiary/aromatic N) is 1. The van der Waals surface area contributed by atoms with E-state index in [0.29, 0.717) is 17.8 Å².